The van der Waals surface area contributed by atoms with Gasteiger partial charge in [-0.2, -0.15) is 0 Å². The maximum Gasteiger partial charge on any atom is 0.335 e. The molecule has 0 saturated heterocycles. The first-order valence-electron chi connectivity index (χ1n) is 5.31. The van der Waals surface area contributed by atoms with Gasteiger partial charge in [-0.15, -0.1) is 11.3 Å². The number of rotatable bonds is 5. The van der Waals surface area contributed by atoms with Crippen molar-refractivity contribution in [3.63, 3.8) is 0 Å². The molecule has 5 nitrogen and oxygen atoms in total. The minimum atomic E-state index is -0.945. The van der Waals surface area contributed by atoms with Crippen molar-refractivity contribution in [1.82, 2.24) is 4.98 Å². The second-order valence-corrected chi connectivity index (χ2v) is 4.49. The van der Waals surface area contributed by atoms with Gasteiger partial charge in [0, 0.05) is 11.8 Å². The van der Waals surface area contributed by atoms with E-state index in [-0.39, 0.29) is 5.56 Å². The maximum atomic E-state index is 10.7. The molecule has 1 heterocycles. The van der Waals surface area contributed by atoms with Crippen molar-refractivity contribution >= 4 is 22.4 Å². The van der Waals surface area contributed by atoms with E-state index in [0.717, 1.165) is 5.69 Å². The SMILES string of the molecule is Nc1nc(CCOc2ccc(C(=O)O)cc2)cs1. The number of aromatic carboxylic acids is 1. The number of carboxylic acid groups (broad SMARTS) is 1. The molecule has 0 spiro atoms. The van der Waals surface area contributed by atoms with Gasteiger partial charge in [-0.1, -0.05) is 0 Å². The number of carbonyl (C=O) groups is 1. The molecule has 1 aromatic carbocycles. The predicted octanol–water partition coefficient (Wildman–Crippen LogP) is 2.04. The van der Waals surface area contributed by atoms with Crippen LogP contribution < -0.4 is 10.5 Å². The molecule has 94 valence electrons. The Morgan fingerprint density at radius 3 is 2.67 bits per heavy atom. The first kappa shape index (κ1) is 12.4. The van der Waals surface area contributed by atoms with Crippen molar-refractivity contribution in [2.45, 2.75) is 6.42 Å². The van der Waals surface area contributed by atoms with E-state index >= 15 is 0 Å². The van der Waals surface area contributed by atoms with Gasteiger partial charge in [0.15, 0.2) is 5.13 Å². The molecule has 0 aliphatic rings. The molecular weight excluding hydrogens is 252 g/mol. The average Bonchev–Trinajstić information content (AvgIpc) is 2.76. The minimum absolute atomic E-state index is 0.245. The van der Waals surface area contributed by atoms with Crippen LogP contribution in [0.25, 0.3) is 0 Å². The summed E-state index contributed by atoms with van der Waals surface area (Å²) >= 11 is 1.40. The Morgan fingerprint density at radius 2 is 2.11 bits per heavy atom. The van der Waals surface area contributed by atoms with E-state index in [1.807, 2.05) is 5.38 Å². The number of aromatic nitrogens is 1. The van der Waals surface area contributed by atoms with Crippen molar-refractivity contribution in [3.05, 3.63) is 40.9 Å². The summed E-state index contributed by atoms with van der Waals surface area (Å²) < 4.78 is 5.48. The van der Waals surface area contributed by atoms with E-state index in [2.05, 4.69) is 4.98 Å². The lowest BCUT2D eigenvalue weighted by Gasteiger charge is -2.04. The summed E-state index contributed by atoms with van der Waals surface area (Å²) in [5.74, 6) is -0.303. The summed E-state index contributed by atoms with van der Waals surface area (Å²) in [6.07, 6.45) is 0.675. The molecule has 18 heavy (non-hydrogen) atoms. The van der Waals surface area contributed by atoms with Gasteiger partial charge in [-0.3, -0.25) is 0 Å². The van der Waals surface area contributed by atoms with Gasteiger partial charge in [0.2, 0.25) is 0 Å². The third-order valence-electron chi connectivity index (χ3n) is 2.30. The highest BCUT2D eigenvalue weighted by atomic mass is 32.1. The minimum Gasteiger partial charge on any atom is -0.493 e. The molecule has 2 rings (SSSR count). The van der Waals surface area contributed by atoms with Crippen molar-refractivity contribution in [1.29, 1.82) is 0 Å². The number of carboxylic acids is 1. The lowest BCUT2D eigenvalue weighted by Crippen LogP contribution is -2.02. The highest BCUT2D eigenvalue weighted by Gasteiger charge is 2.03. The molecule has 0 atom stereocenters. The van der Waals surface area contributed by atoms with E-state index in [4.69, 9.17) is 15.6 Å². The summed E-state index contributed by atoms with van der Waals surface area (Å²) in [5, 5.41) is 11.2. The molecule has 0 aliphatic heterocycles. The fourth-order valence-electron chi connectivity index (χ4n) is 1.40. The largest absolute Gasteiger partial charge is 0.493 e. The van der Waals surface area contributed by atoms with E-state index in [0.29, 0.717) is 23.9 Å². The number of nitrogen functional groups attached to an aromatic ring is 1. The lowest BCUT2D eigenvalue weighted by atomic mass is 10.2. The van der Waals surface area contributed by atoms with Crippen LogP contribution in [0.4, 0.5) is 5.13 Å². The fourth-order valence-corrected chi connectivity index (χ4v) is 2.00. The summed E-state index contributed by atoms with van der Waals surface area (Å²) in [4.78, 5) is 14.8. The number of nitrogens with two attached hydrogens (primary N) is 1. The summed E-state index contributed by atoms with van der Waals surface area (Å²) in [5.41, 5.74) is 6.66. The molecule has 0 aliphatic carbocycles. The average molecular weight is 264 g/mol. The van der Waals surface area contributed by atoms with Crippen LogP contribution in [0.15, 0.2) is 29.6 Å². The second kappa shape index (κ2) is 5.50. The van der Waals surface area contributed by atoms with Crippen LogP contribution in [0.3, 0.4) is 0 Å². The molecule has 1 aromatic heterocycles. The number of anilines is 1. The van der Waals surface area contributed by atoms with Crippen molar-refractivity contribution in [2.24, 2.45) is 0 Å². The van der Waals surface area contributed by atoms with Crippen LogP contribution in [-0.2, 0) is 6.42 Å². The number of ether oxygens (including phenoxy) is 1. The van der Waals surface area contributed by atoms with Gasteiger partial charge >= 0.3 is 5.97 Å². The molecule has 0 bridgehead atoms. The molecule has 0 amide bonds. The molecule has 0 radical (unpaired) electrons. The summed E-state index contributed by atoms with van der Waals surface area (Å²) in [6, 6.07) is 6.30. The molecule has 2 aromatic rings. The van der Waals surface area contributed by atoms with Gasteiger partial charge < -0.3 is 15.6 Å². The highest BCUT2D eigenvalue weighted by Crippen LogP contribution is 2.14. The molecular formula is C12H12N2O3S. The third-order valence-corrected chi connectivity index (χ3v) is 3.02. The Labute approximate surface area is 108 Å². The van der Waals surface area contributed by atoms with Gasteiger partial charge in [0.1, 0.15) is 5.75 Å². The van der Waals surface area contributed by atoms with Crippen molar-refractivity contribution < 1.29 is 14.6 Å². The smallest absolute Gasteiger partial charge is 0.335 e. The maximum absolute atomic E-state index is 10.7. The zero-order valence-electron chi connectivity index (χ0n) is 9.50. The van der Waals surface area contributed by atoms with E-state index in [1.165, 1.54) is 23.5 Å². The number of nitrogens with zero attached hydrogens (tertiary/aromatic N) is 1. The number of benzene rings is 1. The zero-order chi connectivity index (χ0) is 13.0. The molecule has 3 N–H and O–H groups in total. The van der Waals surface area contributed by atoms with Gasteiger partial charge in [0.25, 0.3) is 0 Å². The van der Waals surface area contributed by atoms with Crippen LogP contribution >= 0.6 is 11.3 Å². The molecule has 0 unspecified atom stereocenters. The van der Waals surface area contributed by atoms with Gasteiger partial charge in [-0.25, -0.2) is 9.78 Å². The molecule has 0 saturated carbocycles. The Morgan fingerprint density at radius 1 is 1.39 bits per heavy atom. The predicted molar refractivity (Wildman–Crippen MR) is 69.1 cm³/mol. The van der Waals surface area contributed by atoms with Gasteiger partial charge in [-0.05, 0) is 24.3 Å². The Kier molecular flexibility index (Phi) is 3.78. The number of hydrogen-bond acceptors (Lipinski definition) is 5. The van der Waals surface area contributed by atoms with Crippen molar-refractivity contribution in [2.75, 3.05) is 12.3 Å². The molecule has 6 heteroatoms. The lowest BCUT2D eigenvalue weighted by molar-refractivity contribution is 0.0697. The summed E-state index contributed by atoms with van der Waals surface area (Å²) in [7, 11) is 0. The topological polar surface area (TPSA) is 85.4 Å². The standard InChI is InChI=1S/C12H12N2O3S/c13-12-14-9(7-18-12)5-6-17-10-3-1-8(2-4-10)11(15)16/h1-4,7H,5-6H2,(H2,13,14)(H,15,16). The molecule has 0 fully saturated rings. The monoisotopic (exact) mass is 264 g/mol. The fraction of sp³-hybridized carbons (Fsp3) is 0.167. The Hall–Kier alpha value is -2.08. The quantitative estimate of drug-likeness (QED) is 0.863. The first-order valence-corrected chi connectivity index (χ1v) is 6.19. The Bertz CT molecular complexity index is 537. The van der Waals surface area contributed by atoms with Gasteiger partial charge in [0.05, 0.1) is 17.9 Å². The Balaban J connectivity index is 1.85. The highest BCUT2D eigenvalue weighted by molar-refractivity contribution is 7.13. The van der Waals surface area contributed by atoms with E-state index in [9.17, 15) is 4.79 Å². The van der Waals surface area contributed by atoms with Crippen LogP contribution in [0, 0.1) is 0 Å². The third kappa shape index (κ3) is 3.21. The van der Waals surface area contributed by atoms with E-state index < -0.39 is 5.97 Å². The first-order chi connectivity index (χ1) is 8.65. The normalized spacial score (nSPS) is 10.2. The summed E-state index contributed by atoms with van der Waals surface area (Å²) in [6.45, 7) is 0.482. The number of hydrogen-bond donors (Lipinski definition) is 2. The van der Waals surface area contributed by atoms with Crippen molar-refractivity contribution in [3.8, 4) is 5.75 Å². The van der Waals surface area contributed by atoms with Crippen LogP contribution in [0.2, 0.25) is 0 Å². The number of thiazole rings is 1. The van der Waals surface area contributed by atoms with E-state index in [1.54, 1.807) is 12.1 Å². The zero-order valence-corrected chi connectivity index (χ0v) is 10.3. The van der Waals surface area contributed by atoms with Crippen LogP contribution in [-0.4, -0.2) is 22.7 Å². The van der Waals surface area contributed by atoms with Crippen LogP contribution in [0.1, 0.15) is 16.1 Å². The second-order valence-electron chi connectivity index (χ2n) is 3.61. The van der Waals surface area contributed by atoms with Crippen LogP contribution in [0.5, 0.6) is 5.75 Å².